The molecule has 116 valence electrons. The third-order valence-electron chi connectivity index (χ3n) is 4.00. The van der Waals surface area contributed by atoms with Gasteiger partial charge in [-0.15, -0.1) is 11.8 Å². The summed E-state index contributed by atoms with van der Waals surface area (Å²) in [5, 5.41) is 8.33. The molecule has 0 fully saturated rings. The van der Waals surface area contributed by atoms with Crippen LogP contribution in [0, 0.1) is 0 Å². The summed E-state index contributed by atoms with van der Waals surface area (Å²) < 4.78 is 6.37. The average Bonchev–Trinajstić information content (AvgIpc) is 3.23. The van der Waals surface area contributed by atoms with E-state index >= 15 is 0 Å². The van der Waals surface area contributed by atoms with Crippen LogP contribution in [0.3, 0.4) is 0 Å². The maximum Gasteiger partial charge on any atom is 0.329 e. The fourth-order valence-electron chi connectivity index (χ4n) is 2.94. The Morgan fingerprint density at radius 1 is 1.39 bits per heavy atom. The molecule has 0 saturated carbocycles. The molecule has 1 aliphatic rings. The zero-order valence-corrected chi connectivity index (χ0v) is 13.1. The van der Waals surface area contributed by atoms with E-state index in [2.05, 4.69) is 10.2 Å². The maximum absolute atomic E-state index is 12.8. The van der Waals surface area contributed by atoms with E-state index in [1.54, 1.807) is 6.20 Å². The summed E-state index contributed by atoms with van der Waals surface area (Å²) >= 11 is 1.49. The van der Waals surface area contributed by atoms with Gasteiger partial charge in [-0.3, -0.25) is 14.5 Å². The highest BCUT2D eigenvalue weighted by molar-refractivity contribution is 7.99. The van der Waals surface area contributed by atoms with Crippen molar-refractivity contribution in [2.75, 3.05) is 12.9 Å². The minimum atomic E-state index is -0.609. The van der Waals surface area contributed by atoms with E-state index in [0.29, 0.717) is 11.3 Å². The Balaban J connectivity index is 2.09. The Bertz CT molecular complexity index is 962. The number of nitrogens with one attached hydrogen (secondary N) is 1. The Morgan fingerprint density at radius 2 is 2.17 bits per heavy atom. The fraction of sp³-hybridized carbons (Fsp3) is 0.188. The topological polar surface area (TPSA) is 77.0 Å². The molecule has 0 aliphatic carbocycles. The Kier molecular flexibility index (Phi) is 3.23. The third kappa shape index (κ3) is 2.00. The van der Waals surface area contributed by atoms with Crippen molar-refractivity contribution < 1.29 is 9.53 Å². The van der Waals surface area contributed by atoms with E-state index in [1.165, 1.54) is 23.4 Å². The van der Waals surface area contributed by atoms with Crippen molar-refractivity contribution in [1.29, 1.82) is 0 Å². The van der Waals surface area contributed by atoms with Gasteiger partial charge < -0.3 is 4.74 Å². The molecule has 0 bridgehead atoms. The second-order valence-corrected chi connectivity index (χ2v) is 6.24. The Labute approximate surface area is 135 Å². The first-order valence-corrected chi connectivity index (χ1v) is 8.08. The molecule has 7 heteroatoms. The first-order chi connectivity index (χ1) is 11.2. The van der Waals surface area contributed by atoms with Crippen LogP contribution in [0.15, 0.2) is 46.3 Å². The summed E-state index contributed by atoms with van der Waals surface area (Å²) in [5.41, 5.74) is 2.07. The molecular weight excluding hydrogens is 314 g/mol. The quantitative estimate of drug-likeness (QED) is 0.730. The minimum Gasteiger partial charge on any atom is -0.467 e. The summed E-state index contributed by atoms with van der Waals surface area (Å²) in [6, 6.07) is 9.19. The molecule has 0 spiro atoms. The van der Waals surface area contributed by atoms with Crippen LogP contribution in [0.25, 0.3) is 22.0 Å². The van der Waals surface area contributed by atoms with Gasteiger partial charge in [0.25, 0.3) is 5.56 Å². The minimum absolute atomic E-state index is 0.243. The molecule has 23 heavy (non-hydrogen) atoms. The van der Waals surface area contributed by atoms with Crippen molar-refractivity contribution in [3.05, 3.63) is 46.9 Å². The number of fused-ring (bicyclic) bond motifs is 2. The zero-order valence-electron chi connectivity index (χ0n) is 12.3. The van der Waals surface area contributed by atoms with Crippen molar-refractivity contribution in [1.82, 2.24) is 14.8 Å². The summed E-state index contributed by atoms with van der Waals surface area (Å²) in [7, 11) is 1.34. The van der Waals surface area contributed by atoms with Gasteiger partial charge in [0.1, 0.15) is 11.6 Å². The van der Waals surface area contributed by atoms with Crippen LogP contribution in [0.4, 0.5) is 0 Å². The van der Waals surface area contributed by atoms with E-state index in [0.717, 1.165) is 21.5 Å². The monoisotopic (exact) mass is 327 g/mol. The zero-order chi connectivity index (χ0) is 16.0. The van der Waals surface area contributed by atoms with Gasteiger partial charge in [0, 0.05) is 16.7 Å². The smallest absolute Gasteiger partial charge is 0.329 e. The van der Waals surface area contributed by atoms with Crippen molar-refractivity contribution in [3.63, 3.8) is 0 Å². The van der Waals surface area contributed by atoms with Crippen LogP contribution in [-0.2, 0) is 9.53 Å². The number of aromatic amines is 1. The highest BCUT2D eigenvalue weighted by Gasteiger charge is 2.34. The molecule has 2 aromatic heterocycles. The van der Waals surface area contributed by atoms with Crippen LogP contribution in [-0.4, -0.2) is 33.6 Å². The number of thioether (sulfide) groups is 1. The first kappa shape index (κ1) is 14.1. The Morgan fingerprint density at radius 3 is 2.91 bits per heavy atom. The largest absolute Gasteiger partial charge is 0.467 e. The number of nitrogens with zero attached hydrogens (tertiary/aromatic N) is 2. The summed E-state index contributed by atoms with van der Waals surface area (Å²) in [6.07, 6.45) is 1.66. The number of ether oxygens (including phenoxy) is 1. The normalized spacial score (nSPS) is 16.5. The second-order valence-electron chi connectivity index (χ2n) is 5.23. The van der Waals surface area contributed by atoms with Crippen LogP contribution in [0.2, 0.25) is 0 Å². The number of H-pyrrole nitrogens is 1. The van der Waals surface area contributed by atoms with Crippen LogP contribution in [0.1, 0.15) is 6.04 Å². The number of methoxy groups -OCH3 is 1. The van der Waals surface area contributed by atoms with Gasteiger partial charge >= 0.3 is 5.97 Å². The van der Waals surface area contributed by atoms with Gasteiger partial charge in [-0.25, -0.2) is 4.79 Å². The van der Waals surface area contributed by atoms with Gasteiger partial charge in [-0.2, -0.15) is 5.10 Å². The molecule has 1 atom stereocenters. The highest BCUT2D eigenvalue weighted by atomic mass is 32.2. The number of hydrogen-bond donors (Lipinski definition) is 1. The average molecular weight is 327 g/mol. The number of carbonyl (C=O) groups excluding carboxylic acids is 1. The maximum atomic E-state index is 12.8. The van der Waals surface area contributed by atoms with E-state index in [4.69, 9.17) is 4.74 Å². The van der Waals surface area contributed by atoms with Crippen molar-refractivity contribution in [2.45, 2.75) is 11.1 Å². The first-order valence-electron chi connectivity index (χ1n) is 7.10. The second kappa shape index (κ2) is 5.27. The SMILES string of the molecule is COC(=O)[C@@H]1CSc2c(-c3ccccc3)c3cn[nH]c3c(=O)n21. The molecule has 0 saturated heterocycles. The van der Waals surface area contributed by atoms with Gasteiger partial charge in [0.15, 0.2) is 0 Å². The van der Waals surface area contributed by atoms with E-state index in [1.807, 2.05) is 30.3 Å². The summed E-state index contributed by atoms with van der Waals surface area (Å²) in [5.74, 6) is 0.0816. The molecule has 1 aliphatic heterocycles. The molecule has 4 rings (SSSR count). The number of aromatic nitrogens is 3. The van der Waals surface area contributed by atoms with Gasteiger partial charge in [-0.05, 0) is 5.56 Å². The van der Waals surface area contributed by atoms with Gasteiger partial charge in [0.2, 0.25) is 0 Å². The molecule has 1 N–H and O–H groups in total. The molecular formula is C16H13N3O3S. The predicted molar refractivity (Wildman–Crippen MR) is 87.6 cm³/mol. The van der Waals surface area contributed by atoms with Crippen molar-refractivity contribution in [3.8, 4) is 11.1 Å². The van der Waals surface area contributed by atoms with E-state index < -0.39 is 12.0 Å². The number of rotatable bonds is 2. The van der Waals surface area contributed by atoms with E-state index in [9.17, 15) is 9.59 Å². The van der Waals surface area contributed by atoms with Gasteiger partial charge in [-0.1, -0.05) is 30.3 Å². The molecule has 6 nitrogen and oxygen atoms in total. The lowest BCUT2D eigenvalue weighted by Crippen LogP contribution is -2.30. The third-order valence-corrected chi connectivity index (χ3v) is 5.16. The number of hydrogen-bond acceptors (Lipinski definition) is 5. The van der Waals surface area contributed by atoms with E-state index in [-0.39, 0.29) is 5.56 Å². The van der Waals surface area contributed by atoms with Crippen molar-refractivity contribution >= 4 is 28.6 Å². The fourth-order valence-corrected chi connectivity index (χ4v) is 4.26. The standard InChI is InChI=1S/C16H13N3O3S/c1-22-16(21)11-8-23-15-12(9-5-3-2-4-6-9)10-7-17-18-13(10)14(20)19(11)15/h2-7,11H,8H2,1H3,(H,17,18)/t11-/m0/s1. The predicted octanol–water partition coefficient (Wildman–Crippen LogP) is 2.21. The number of pyridine rings is 1. The van der Waals surface area contributed by atoms with Crippen molar-refractivity contribution in [2.24, 2.45) is 0 Å². The van der Waals surface area contributed by atoms with Crippen LogP contribution < -0.4 is 5.56 Å². The number of carbonyl (C=O) groups is 1. The molecule has 0 amide bonds. The lowest BCUT2D eigenvalue weighted by Gasteiger charge is -2.14. The van der Waals surface area contributed by atoms with Crippen LogP contribution in [0.5, 0.6) is 0 Å². The molecule has 0 unspecified atom stereocenters. The summed E-state index contributed by atoms with van der Waals surface area (Å²) in [4.78, 5) is 24.8. The molecule has 3 aromatic rings. The molecule has 3 heterocycles. The summed E-state index contributed by atoms with van der Waals surface area (Å²) in [6.45, 7) is 0. The lowest BCUT2D eigenvalue weighted by molar-refractivity contribution is -0.143. The van der Waals surface area contributed by atoms with Crippen LogP contribution >= 0.6 is 11.8 Å². The molecule has 0 radical (unpaired) electrons. The Hall–Kier alpha value is -2.54. The number of benzene rings is 1. The number of esters is 1. The van der Waals surface area contributed by atoms with Gasteiger partial charge in [0.05, 0.1) is 18.3 Å². The lowest BCUT2D eigenvalue weighted by atomic mass is 10.0. The highest BCUT2D eigenvalue weighted by Crippen LogP contribution is 2.42. The molecule has 1 aromatic carbocycles.